The van der Waals surface area contributed by atoms with Crippen LogP contribution in [0.5, 0.6) is 0 Å². The molecule has 0 radical (unpaired) electrons. The van der Waals surface area contributed by atoms with Crippen LogP contribution < -0.4 is 0 Å². The first-order valence-electron chi connectivity index (χ1n) is 8.44. The quantitative estimate of drug-likeness (QED) is 0.848. The lowest BCUT2D eigenvalue weighted by Crippen LogP contribution is -2.32. The number of aromatic nitrogens is 2. The lowest BCUT2D eigenvalue weighted by molar-refractivity contribution is -0.129. The molecule has 0 saturated carbocycles. The zero-order valence-electron chi connectivity index (χ0n) is 14.4. The molecule has 0 saturated heterocycles. The second-order valence-electron chi connectivity index (χ2n) is 6.57. The van der Waals surface area contributed by atoms with Gasteiger partial charge in [-0.15, -0.1) is 0 Å². The van der Waals surface area contributed by atoms with Crippen LogP contribution >= 0.6 is 11.6 Å². The molecule has 1 aliphatic heterocycles. The van der Waals surface area contributed by atoms with Gasteiger partial charge in [-0.05, 0) is 30.0 Å². The predicted octanol–water partition coefficient (Wildman–Crippen LogP) is 3.98. The molecule has 6 heteroatoms. The van der Waals surface area contributed by atoms with Crippen molar-refractivity contribution in [3.8, 4) is 0 Å². The molecule has 3 rings (SSSR count). The molecule has 1 aliphatic rings. The van der Waals surface area contributed by atoms with Crippen LogP contribution in [0.25, 0.3) is 0 Å². The Morgan fingerprint density at radius 2 is 2.12 bits per heavy atom. The molecule has 2 heterocycles. The highest BCUT2D eigenvalue weighted by Gasteiger charge is 2.40. The van der Waals surface area contributed by atoms with Gasteiger partial charge in [-0.25, -0.2) is 4.98 Å². The molecule has 0 bridgehead atoms. The Hall–Kier alpha value is -2.27. The molecule has 132 valence electrons. The summed E-state index contributed by atoms with van der Waals surface area (Å²) in [5.74, 6) is -0.367. The van der Waals surface area contributed by atoms with E-state index in [1.165, 1.54) is 0 Å². The van der Waals surface area contributed by atoms with E-state index in [2.05, 4.69) is 4.98 Å². The van der Waals surface area contributed by atoms with Crippen LogP contribution in [0.1, 0.15) is 31.9 Å². The van der Waals surface area contributed by atoms with Gasteiger partial charge in [0.2, 0.25) is 0 Å². The topological polar surface area (TPSA) is 58.4 Å². The number of halogens is 1. The molecule has 25 heavy (non-hydrogen) atoms. The highest BCUT2D eigenvalue weighted by Crippen LogP contribution is 2.41. The maximum Gasteiger partial charge on any atom is 0.289 e. The molecule has 2 aromatic rings. The maximum absolute atomic E-state index is 12.6. The van der Waals surface area contributed by atoms with Gasteiger partial charge in [0.1, 0.15) is 0 Å². The van der Waals surface area contributed by atoms with Crippen LogP contribution in [0.4, 0.5) is 0 Å². The molecule has 0 fully saturated rings. The molecule has 0 aliphatic carbocycles. The Balaban J connectivity index is 1.85. The third-order valence-electron chi connectivity index (χ3n) is 4.50. The van der Waals surface area contributed by atoms with Crippen LogP contribution in [0, 0.1) is 5.92 Å². The van der Waals surface area contributed by atoms with E-state index >= 15 is 0 Å². The van der Waals surface area contributed by atoms with E-state index in [1.807, 2.05) is 48.9 Å². The number of amides is 1. The number of imidazole rings is 1. The summed E-state index contributed by atoms with van der Waals surface area (Å²) in [6.07, 6.45) is 6.17. The van der Waals surface area contributed by atoms with E-state index < -0.39 is 0 Å². The smallest absolute Gasteiger partial charge is 0.289 e. The fraction of sp³-hybridized carbons (Fsp3) is 0.368. The monoisotopic (exact) mass is 359 g/mol. The van der Waals surface area contributed by atoms with Gasteiger partial charge in [-0.2, -0.15) is 0 Å². The summed E-state index contributed by atoms with van der Waals surface area (Å²) in [5, 5.41) is 11.0. The summed E-state index contributed by atoms with van der Waals surface area (Å²) in [4.78, 5) is 18.4. The van der Waals surface area contributed by atoms with Crippen molar-refractivity contribution in [2.24, 2.45) is 5.92 Å². The molecule has 1 atom stereocenters. The van der Waals surface area contributed by atoms with Crippen LogP contribution in [0.3, 0.4) is 0 Å². The number of hydrogen-bond acceptors (Lipinski definition) is 3. The number of benzene rings is 1. The number of aliphatic hydroxyl groups is 1. The normalized spacial score (nSPS) is 17.8. The van der Waals surface area contributed by atoms with Gasteiger partial charge < -0.3 is 14.6 Å². The lowest BCUT2D eigenvalue weighted by Gasteiger charge is -2.28. The van der Waals surface area contributed by atoms with Crippen LogP contribution in [0.2, 0.25) is 5.02 Å². The Bertz CT molecular complexity index is 784. The van der Waals surface area contributed by atoms with Crippen molar-refractivity contribution < 1.29 is 9.90 Å². The highest BCUT2D eigenvalue weighted by molar-refractivity contribution is 6.30. The number of carbonyl (C=O) groups excluding carboxylic acids is 1. The molecule has 1 aromatic heterocycles. The first-order chi connectivity index (χ1) is 12.0. The number of hydrogen-bond donors (Lipinski definition) is 1. The van der Waals surface area contributed by atoms with Gasteiger partial charge in [-0.3, -0.25) is 4.79 Å². The van der Waals surface area contributed by atoms with E-state index in [0.717, 1.165) is 24.1 Å². The van der Waals surface area contributed by atoms with Gasteiger partial charge in [0.25, 0.3) is 5.91 Å². The largest absolute Gasteiger partial charge is 0.503 e. The minimum atomic E-state index is -0.306. The van der Waals surface area contributed by atoms with Gasteiger partial charge in [0, 0.05) is 36.1 Å². The second kappa shape index (κ2) is 7.31. The summed E-state index contributed by atoms with van der Waals surface area (Å²) in [6.45, 7) is 5.30. The third-order valence-corrected chi connectivity index (χ3v) is 4.74. The molecular weight excluding hydrogens is 338 g/mol. The Morgan fingerprint density at radius 1 is 1.32 bits per heavy atom. The fourth-order valence-electron chi connectivity index (χ4n) is 3.37. The van der Waals surface area contributed by atoms with E-state index in [0.29, 0.717) is 11.6 Å². The number of aryl methyl sites for hydroxylation is 1. The third kappa shape index (κ3) is 3.56. The fourth-order valence-corrected chi connectivity index (χ4v) is 3.57. The number of rotatable bonds is 6. The molecule has 1 N–H and O–H groups in total. The van der Waals surface area contributed by atoms with Gasteiger partial charge in [0.05, 0.1) is 12.4 Å². The SMILES string of the molecule is CC(C)C1=C(O)C(=O)N(CCCn2ccnc2)C1c1cccc(Cl)c1. The van der Waals surface area contributed by atoms with E-state index in [-0.39, 0.29) is 23.6 Å². The zero-order chi connectivity index (χ0) is 18.0. The van der Waals surface area contributed by atoms with Crippen LogP contribution in [-0.4, -0.2) is 32.0 Å². The van der Waals surface area contributed by atoms with Crippen LogP contribution in [-0.2, 0) is 11.3 Å². The molecule has 1 aromatic carbocycles. The minimum absolute atomic E-state index is 0.0616. The standard InChI is InChI=1S/C19H22ClN3O2/c1-13(2)16-17(14-5-3-6-15(20)11-14)23(19(25)18(16)24)9-4-8-22-10-7-21-12-22/h3,5-7,10-13,17,24H,4,8-9H2,1-2H3. The average molecular weight is 360 g/mol. The van der Waals surface area contributed by atoms with Crippen molar-refractivity contribution in [1.82, 2.24) is 14.5 Å². The molecular formula is C19H22ClN3O2. The highest BCUT2D eigenvalue weighted by atomic mass is 35.5. The van der Waals surface area contributed by atoms with Crippen molar-refractivity contribution in [3.63, 3.8) is 0 Å². The zero-order valence-corrected chi connectivity index (χ0v) is 15.1. The Morgan fingerprint density at radius 3 is 2.76 bits per heavy atom. The molecule has 0 spiro atoms. The lowest BCUT2D eigenvalue weighted by atomic mass is 9.91. The second-order valence-corrected chi connectivity index (χ2v) is 7.01. The van der Waals surface area contributed by atoms with Gasteiger partial charge in [0.15, 0.2) is 5.76 Å². The van der Waals surface area contributed by atoms with Crippen molar-refractivity contribution in [1.29, 1.82) is 0 Å². The molecule has 1 unspecified atom stereocenters. The Kier molecular flexibility index (Phi) is 5.13. The first-order valence-corrected chi connectivity index (χ1v) is 8.82. The summed E-state index contributed by atoms with van der Waals surface area (Å²) in [6, 6.07) is 7.23. The summed E-state index contributed by atoms with van der Waals surface area (Å²) in [5.41, 5.74) is 1.69. The number of nitrogens with zero attached hydrogens (tertiary/aromatic N) is 3. The van der Waals surface area contributed by atoms with Crippen molar-refractivity contribution in [2.75, 3.05) is 6.54 Å². The average Bonchev–Trinajstić information content (AvgIpc) is 3.16. The minimum Gasteiger partial charge on any atom is -0.503 e. The van der Waals surface area contributed by atoms with E-state index in [4.69, 9.17) is 11.6 Å². The summed E-state index contributed by atoms with van der Waals surface area (Å²) >= 11 is 6.15. The maximum atomic E-state index is 12.6. The Labute approximate surface area is 152 Å². The van der Waals surface area contributed by atoms with Gasteiger partial charge in [-0.1, -0.05) is 37.6 Å². The van der Waals surface area contributed by atoms with Crippen molar-refractivity contribution >= 4 is 17.5 Å². The predicted molar refractivity (Wildman–Crippen MR) is 97.2 cm³/mol. The van der Waals surface area contributed by atoms with Crippen molar-refractivity contribution in [3.05, 3.63) is 64.9 Å². The summed E-state index contributed by atoms with van der Waals surface area (Å²) < 4.78 is 1.98. The van der Waals surface area contributed by atoms with Crippen molar-refractivity contribution in [2.45, 2.75) is 32.9 Å². The molecule has 5 nitrogen and oxygen atoms in total. The number of carbonyl (C=O) groups is 1. The van der Waals surface area contributed by atoms with E-state index in [9.17, 15) is 9.90 Å². The molecule has 1 amide bonds. The van der Waals surface area contributed by atoms with Crippen LogP contribution in [0.15, 0.2) is 54.3 Å². The van der Waals surface area contributed by atoms with Gasteiger partial charge >= 0.3 is 0 Å². The number of aliphatic hydroxyl groups excluding tert-OH is 1. The van der Waals surface area contributed by atoms with E-state index in [1.54, 1.807) is 17.4 Å². The summed E-state index contributed by atoms with van der Waals surface area (Å²) in [7, 11) is 0. The first kappa shape index (κ1) is 17.5.